The van der Waals surface area contributed by atoms with Gasteiger partial charge >= 0.3 is 0 Å². The Labute approximate surface area is 270 Å². The van der Waals surface area contributed by atoms with Gasteiger partial charge in [-0.25, -0.2) is 0 Å². The molecule has 0 amide bonds. The molecule has 0 aliphatic heterocycles. The highest BCUT2D eigenvalue weighted by Gasteiger charge is 2.19. The van der Waals surface area contributed by atoms with E-state index in [1.165, 1.54) is 0 Å². The first kappa shape index (κ1) is 27.1. The van der Waals surface area contributed by atoms with Gasteiger partial charge in [0.2, 0.25) is 0 Å². The Hall–Kier alpha value is -6.20. The van der Waals surface area contributed by atoms with Crippen molar-refractivity contribution in [3.8, 4) is 22.5 Å². The number of aromatic nitrogens is 4. The summed E-state index contributed by atoms with van der Waals surface area (Å²) in [4.78, 5) is 27.8. The van der Waals surface area contributed by atoms with E-state index in [1.54, 1.807) is 6.20 Å². The van der Waals surface area contributed by atoms with Crippen LogP contribution in [0.4, 0.5) is 0 Å². The molecule has 1 aliphatic carbocycles. The Morgan fingerprint density at radius 2 is 1.15 bits per heavy atom. The molecule has 0 spiro atoms. The summed E-state index contributed by atoms with van der Waals surface area (Å²) < 4.78 is 1.91. The summed E-state index contributed by atoms with van der Waals surface area (Å²) in [7, 11) is 0. The molecule has 0 radical (unpaired) electrons. The van der Waals surface area contributed by atoms with Gasteiger partial charge in [-0.15, -0.1) is 0 Å². The van der Waals surface area contributed by atoms with E-state index in [2.05, 4.69) is 82.8 Å². The molecule has 5 heterocycles. The van der Waals surface area contributed by atoms with Crippen molar-refractivity contribution in [1.29, 1.82) is 0 Å². The molecule has 3 aromatic carbocycles. The lowest BCUT2D eigenvalue weighted by Crippen LogP contribution is -2.12. The Morgan fingerprint density at radius 1 is 0.511 bits per heavy atom. The fraction of sp³-hybridized carbons (Fsp3) is 0.0476. The molecular weight excluding hydrogens is 576 g/mol. The van der Waals surface area contributed by atoms with Crippen molar-refractivity contribution in [1.82, 2.24) is 19.4 Å². The summed E-state index contributed by atoms with van der Waals surface area (Å²) >= 11 is 0. The Bertz CT molecular complexity index is 2620. The Balaban J connectivity index is 1.25. The SMILES string of the molecule is O=c1c2ccccc2c2cc(C3=CCCC=C(c4ccccn4)C=C3)cc3c4cc(-c5ccc(-c6ccccn6)nc5)ccc4n1c23. The quantitative estimate of drug-likeness (QED) is 0.188. The lowest BCUT2D eigenvalue weighted by Gasteiger charge is -2.12. The van der Waals surface area contributed by atoms with Crippen LogP contribution in [0, 0.1) is 0 Å². The second kappa shape index (κ2) is 11.0. The molecule has 9 rings (SSSR count). The average Bonchev–Trinajstić information content (AvgIpc) is 3.45. The number of allylic oxidation sites excluding steroid dienone is 6. The maximum atomic E-state index is 14.1. The summed E-state index contributed by atoms with van der Waals surface area (Å²) in [6, 6.07) is 34.8. The maximum absolute atomic E-state index is 14.1. The minimum Gasteiger partial charge on any atom is -0.275 e. The maximum Gasteiger partial charge on any atom is 0.263 e. The van der Waals surface area contributed by atoms with Crippen LogP contribution < -0.4 is 5.56 Å². The van der Waals surface area contributed by atoms with Crippen LogP contribution in [-0.4, -0.2) is 19.4 Å². The van der Waals surface area contributed by atoms with E-state index < -0.39 is 0 Å². The van der Waals surface area contributed by atoms with Gasteiger partial charge in [0.05, 0.1) is 28.1 Å². The van der Waals surface area contributed by atoms with Gasteiger partial charge in [0.25, 0.3) is 5.56 Å². The minimum absolute atomic E-state index is 0.00480. The molecule has 5 nitrogen and oxygen atoms in total. The van der Waals surface area contributed by atoms with Crippen molar-refractivity contribution in [2.24, 2.45) is 0 Å². The topological polar surface area (TPSA) is 60.2 Å². The number of benzene rings is 3. The van der Waals surface area contributed by atoms with Crippen LogP contribution in [0.15, 0.2) is 151 Å². The number of pyridine rings is 4. The predicted octanol–water partition coefficient (Wildman–Crippen LogP) is 9.53. The van der Waals surface area contributed by atoms with Gasteiger partial charge in [0.1, 0.15) is 0 Å². The molecule has 0 bridgehead atoms. The molecule has 0 saturated carbocycles. The smallest absolute Gasteiger partial charge is 0.263 e. The van der Waals surface area contributed by atoms with Gasteiger partial charge in [-0.05, 0) is 101 Å². The Morgan fingerprint density at radius 3 is 1.89 bits per heavy atom. The predicted molar refractivity (Wildman–Crippen MR) is 192 cm³/mol. The van der Waals surface area contributed by atoms with E-state index in [1.807, 2.05) is 71.4 Å². The molecular formula is C42H28N4O. The second-order valence-electron chi connectivity index (χ2n) is 11.9. The largest absolute Gasteiger partial charge is 0.275 e. The third-order valence-electron chi connectivity index (χ3n) is 9.17. The molecule has 0 saturated heterocycles. The minimum atomic E-state index is 0.00480. The molecule has 222 valence electrons. The average molecular weight is 605 g/mol. The molecule has 0 fully saturated rings. The van der Waals surface area contributed by atoms with Crippen LogP contribution >= 0.6 is 0 Å². The molecule has 0 N–H and O–H groups in total. The van der Waals surface area contributed by atoms with Crippen LogP contribution in [0.2, 0.25) is 0 Å². The van der Waals surface area contributed by atoms with Crippen LogP contribution in [-0.2, 0) is 0 Å². The van der Waals surface area contributed by atoms with Gasteiger partial charge in [-0.1, -0.05) is 66.8 Å². The van der Waals surface area contributed by atoms with Crippen LogP contribution in [0.5, 0.6) is 0 Å². The fourth-order valence-corrected chi connectivity index (χ4v) is 6.90. The van der Waals surface area contributed by atoms with Crippen molar-refractivity contribution in [3.63, 3.8) is 0 Å². The number of fused-ring (bicyclic) bond motifs is 5. The number of rotatable bonds is 4. The standard InChI is InChI=1S/C42H28N4O/c47-42-33-12-4-3-11-32(33)35-24-31(27-9-1-2-10-28(16-15-27)37-13-5-7-21-43-37)25-36-34-23-29(18-20-40(34)46(42)41(35)36)30-17-19-39(45-26-30)38-14-6-8-22-44-38/h3-26H,1-2H2. The van der Waals surface area contributed by atoms with Crippen molar-refractivity contribution >= 4 is 49.1 Å². The van der Waals surface area contributed by atoms with E-state index in [0.29, 0.717) is 0 Å². The number of hydrogen-bond donors (Lipinski definition) is 0. The van der Waals surface area contributed by atoms with Gasteiger partial charge in [-0.2, -0.15) is 0 Å². The third-order valence-corrected chi connectivity index (χ3v) is 9.17. The van der Waals surface area contributed by atoms with Gasteiger partial charge in [-0.3, -0.25) is 24.1 Å². The summed E-state index contributed by atoms with van der Waals surface area (Å²) in [6.45, 7) is 0. The summed E-state index contributed by atoms with van der Waals surface area (Å²) in [6.07, 6.45) is 16.3. The second-order valence-corrected chi connectivity index (χ2v) is 11.9. The highest BCUT2D eigenvalue weighted by Crippen LogP contribution is 2.39. The van der Waals surface area contributed by atoms with Gasteiger partial charge in [0, 0.05) is 45.7 Å². The zero-order valence-electron chi connectivity index (χ0n) is 25.5. The lowest BCUT2D eigenvalue weighted by atomic mass is 9.94. The van der Waals surface area contributed by atoms with Crippen LogP contribution in [0.1, 0.15) is 24.1 Å². The van der Waals surface area contributed by atoms with Gasteiger partial charge in [0.15, 0.2) is 0 Å². The molecule has 5 aromatic heterocycles. The van der Waals surface area contributed by atoms with Crippen molar-refractivity contribution < 1.29 is 0 Å². The Kier molecular flexibility index (Phi) is 6.35. The molecule has 0 unspecified atom stereocenters. The summed E-state index contributed by atoms with van der Waals surface area (Å²) in [5.74, 6) is 0. The van der Waals surface area contributed by atoms with E-state index in [9.17, 15) is 4.79 Å². The zero-order valence-corrected chi connectivity index (χ0v) is 25.5. The van der Waals surface area contributed by atoms with Crippen molar-refractivity contribution in [2.45, 2.75) is 12.8 Å². The highest BCUT2D eigenvalue weighted by atomic mass is 16.1. The third kappa shape index (κ3) is 4.55. The van der Waals surface area contributed by atoms with Crippen LogP contribution in [0.25, 0.3) is 71.6 Å². The first-order valence-corrected chi connectivity index (χ1v) is 15.9. The molecule has 47 heavy (non-hydrogen) atoms. The fourth-order valence-electron chi connectivity index (χ4n) is 6.90. The first-order valence-electron chi connectivity index (χ1n) is 15.9. The van der Waals surface area contributed by atoms with E-state index >= 15 is 0 Å². The molecule has 0 atom stereocenters. The zero-order chi connectivity index (χ0) is 31.3. The van der Waals surface area contributed by atoms with Gasteiger partial charge < -0.3 is 0 Å². The summed E-state index contributed by atoms with van der Waals surface area (Å²) in [5.41, 5.74) is 9.97. The molecule has 1 aliphatic rings. The first-order chi connectivity index (χ1) is 23.2. The van der Waals surface area contributed by atoms with E-state index in [-0.39, 0.29) is 5.56 Å². The monoisotopic (exact) mass is 604 g/mol. The van der Waals surface area contributed by atoms with Crippen LogP contribution in [0.3, 0.4) is 0 Å². The lowest BCUT2D eigenvalue weighted by molar-refractivity contribution is 1.05. The molecule has 5 heteroatoms. The number of nitrogens with zero attached hydrogens (tertiary/aromatic N) is 4. The van der Waals surface area contributed by atoms with Crippen molar-refractivity contribution in [2.75, 3.05) is 0 Å². The van der Waals surface area contributed by atoms with E-state index in [4.69, 9.17) is 4.98 Å². The summed E-state index contributed by atoms with van der Waals surface area (Å²) in [5, 5.41) is 4.87. The van der Waals surface area contributed by atoms with E-state index in [0.717, 1.165) is 95.7 Å². The number of hydrogen-bond acceptors (Lipinski definition) is 4. The molecule has 8 aromatic rings. The normalized spacial score (nSPS) is 13.6. The highest BCUT2D eigenvalue weighted by molar-refractivity contribution is 6.21. The van der Waals surface area contributed by atoms with Crippen molar-refractivity contribution in [3.05, 3.63) is 168 Å².